The Labute approximate surface area is 236 Å². The number of fused-ring (bicyclic) bond motifs is 2. The number of nitrogens with zero attached hydrogens (tertiary/aromatic N) is 3. The van der Waals surface area contributed by atoms with E-state index in [1.807, 2.05) is 42.6 Å². The van der Waals surface area contributed by atoms with E-state index in [1.165, 1.54) is 0 Å². The monoisotopic (exact) mass is 546 g/mol. The molecule has 3 amide bonds. The molecular weight excluding hydrogens is 516 g/mol. The predicted octanol–water partition coefficient (Wildman–Crippen LogP) is 4.37. The van der Waals surface area contributed by atoms with Gasteiger partial charge in [0, 0.05) is 60.0 Å². The average Bonchev–Trinajstić information content (AvgIpc) is 3.64. The maximum atomic E-state index is 13.2. The number of benzene rings is 3. The molecule has 2 aromatic heterocycles. The predicted molar refractivity (Wildman–Crippen MR) is 157 cm³/mol. The Morgan fingerprint density at radius 1 is 0.976 bits per heavy atom. The molecule has 6 rings (SSSR count). The van der Waals surface area contributed by atoms with E-state index in [-0.39, 0.29) is 30.3 Å². The smallest absolute Gasteiger partial charge is 0.251 e. The summed E-state index contributed by atoms with van der Waals surface area (Å²) in [6.07, 6.45) is 5.93. The fourth-order valence-corrected chi connectivity index (χ4v) is 5.78. The summed E-state index contributed by atoms with van der Waals surface area (Å²) in [5, 5.41) is 7.84. The summed E-state index contributed by atoms with van der Waals surface area (Å²) in [5.74, 6) is 0.0414. The van der Waals surface area contributed by atoms with Crippen molar-refractivity contribution in [2.75, 3.05) is 7.05 Å². The van der Waals surface area contributed by atoms with Gasteiger partial charge in [-0.25, -0.2) is 4.98 Å². The van der Waals surface area contributed by atoms with Crippen LogP contribution in [0.2, 0.25) is 0 Å². The van der Waals surface area contributed by atoms with E-state index in [4.69, 9.17) is 10.7 Å². The first kappa shape index (κ1) is 26.2. The molecule has 9 nitrogen and oxygen atoms in total. The van der Waals surface area contributed by atoms with Crippen molar-refractivity contribution in [3.05, 3.63) is 95.8 Å². The van der Waals surface area contributed by atoms with Crippen molar-refractivity contribution in [1.29, 1.82) is 0 Å². The van der Waals surface area contributed by atoms with Crippen molar-refractivity contribution >= 4 is 39.5 Å². The van der Waals surface area contributed by atoms with Crippen LogP contribution < -0.4 is 16.4 Å². The van der Waals surface area contributed by atoms with Crippen LogP contribution in [-0.2, 0) is 11.3 Å². The van der Waals surface area contributed by atoms with Gasteiger partial charge in [-0.15, -0.1) is 0 Å². The number of carbonyl (C=O) groups is 3. The minimum absolute atomic E-state index is 0.0529. The quantitative estimate of drug-likeness (QED) is 0.279. The number of hydrogen-bond donors (Lipinski definition) is 3. The van der Waals surface area contributed by atoms with Gasteiger partial charge in [0.05, 0.1) is 11.0 Å². The molecule has 4 N–H and O–H groups in total. The fourth-order valence-electron chi connectivity index (χ4n) is 5.78. The van der Waals surface area contributed by atoms with Gasteiger partial charge in [0.15, 0.2) is 0 Å². The second kappa shape index (κ2) is 10.8. The zero-order valence-electron chi connectivity index (χ0n) is 22.6. The molecule has 206 valence electrons. The van der Waals surface area contributed by atoms with Gasteiger partial charge in [0.25, 0.3) is 5.91 Å². The molecule has 0 bridgehead atoms. The van der Waals surface area contributed by atoms with Crippen LogP contribution in [0.3, 0.4) is 0 Å². The Balaban J connectivity index is 1.37. The first-order chi connectivity index (χ1) is 19.9. The van der Waals surface area contributed by atoms with E-state index in [1.54, 1.807) is 37.5 Å². The summed E-state index contributed by atoms with van der Waals surface area (Å²) in [4.78, 5) is 46.4. The highest BCUT2D eigenvalue weighted by Gasteiger charge is 2.33. The van der Waals surface area contributed by atoms with Crippen LogP contribution in [0.5, 0.6) is 0 Å². The molecule has 3 aromatic carbocycles. The van der Waals surface area contributed by atoms with E-state index in [0.29, 0.717) is 17.5 Å². The molecule has 5 aromatic rings. The van der Waals surface area contributed by atoms with Gasteiger partial charge in [-0.1, -0.05) is 24.3 Å². The number of nitrogens with one attached hydrogen (secondary N) is 2. The highest BCUT2D eigenvalue weighted by Crippen LogP contribution is 2.40. The standard InChI is InChI=1S/C32H30N6O3/c1-34-31(40)23-7-9-26(15-23)38-28-16-24(32(41)36-17-19-3-2-4-21(13-19)29(33)39)8-10-27(28)37-30(38)22-5-6-25-18-35-12-11-20(25)14-22/h2-6,8,10-14,16,18,23,26H,7,9,15,17H2,1H3,(H2,33,39)(H,34,40)(H,36,41)/t23-,26-/m1/s1. The van der Waals surface area contributed by atoms with Crippen LogP contribution in [0.15, 0.2) is 79.1 Å². The largest absolute Gasteiger partial charge is 0.366 e. The van der Waals surface area contributed by atoms with E-state index in [0.717, 1.165) is 51.6 Å². The van der Waals surface area contributed by atoms with Crippen molar-refractivity contribution in [1.82, 2.24) is 25.2 Å². The van der Waals surface area contributed by atoms with Crippen LogP contribution in [0.4, 0.5) is 0 Å². The Bertz CT molecular complexity index is 1810. The third-order valence-corrected chi connectivity index (χ3v) is 7.90. The number of carbonyl (C=O) groups excluding carboxylic acids is 3. The third-order valence-electron chi connectivity index (χ3n) is 7.90. The summed E-state index contributed by atoms with van der Waals surface area (Å²) in [6, 6.07) is 20.6. The Morgan fingerprint density at radius 3 is 2.68 bits per heavy atom. The number of amides is 3. The van der Waals surface area contributed by atoms with Crippen molar-refractivity contribution in [2.24, 2.45) is 11.7 Å². The van der Waals surface area contributed by atoms with E-state index >= 15 is 0 Å². The summed E-state index contributed by atoms with van der Waals surface area (Å²) in [6.45, 7) is 0.255. The first-order valence-electron chi connectivity index (χ1n) is 13.7. The molecule has 41 heavy (non-hydrogen) atoms. The second-order valence-corrected chi connectivity index (χ2v) is 10.5. The van der Waals surface area contributed by atoms with Crippen molar-refractivity contribution in [3.8, 4) is 11.4 Å². The lowest BCUT2D eigenvalue weighted by molar-refractivity contribution is -0.124. The molecule has 1 fully saturated rings. The average molecular weight is 547 g/mol. The number of nitrogens with two attached hydrogens (primary N) is 1. The summed E-state index contributed by atoms with van der Waals surface area (Å²) in [5.41, 5.74) is 9.66. The second-order valence-electron chi connectivity index (χ2n) is 10.5. The number of primary amides is 1. The Morgan fingerprint density at radius 2 is 1.85 bits per heavy atom. The number of rotatable bonds is 7. The molecule has 0 saturated heterocycles. The Kier molecular flexibility index (Phi) is 6.93. The van der Waals surface area contributed by atoms with Gasteiger partial charge in [0.1, 0.15) is 5.82 Å². The van der Waals surface area contributed by atoms with E-state index < -0.39 is 5.91 Å². The van der Waals surface area contributed by atoms with Crippen LogP contribution in [0.25, 0.3) is 33.2 Å². The van der Waals surface area contributed by atoms with E-state index in [9.17, 15) is 14.4 Å². The van der Waals surface area contributed by atoms with E-state index in [2.05, 4.69) is 26.3 Å². The minimum Gasteiger partial charge on any atom is -0.366 e. The van der Waals surface area contributed by atoms with Crippen LogP contribution in [0, 0.1) is 5.92 Å². The van der Waals surface area contributed by atoms with Crippen LogP contribution in [0.1, 0.15) is 51.6 Å². The lowest BCUT2D eigenvalue weighted by Crippen LogP contribution is -2.25. The van der Waals surface area contributed by atoms with Crippen LogP contribution >= 0.6 is 0 Å². The SMILES string of the molecule is CNC(=O)[C@@H]1CC[C@@H](n2c(-c3ccc4cnccc4c3)nc3ccc(C(=O)NCc4cccc(C(N)=O)c4)cc32)C1. The summed E-state index contributed by atoms with van der Waals surface area (Å²) < 4.78 is 2.20. The zero-order chi connectivity index (χ0) is 28.5. The van der Waals surface area contributed by atoms with Crippen molar-refractivity contribution in [3.63, 3.8) is 0 Å². The molecule has 1 saturated carbocycles. The summed E-state index contributed by atoms with van der Waals surface area (Å²) >= 11 is 0. The van der Waals surface area contributed by atoms with Crippen molar-refractivity contribution < 1.29 is 14.4 Å². The minimum atomic E-state index is -0.513. The van der Waals surface area contributed by atoms with Gasteiger partial charge in [-0.3, -0.25) is 19.4 Å². The zero-order valence-corrected chi connectivity index (χ0v) is 22.6. The third kappa shape index (κ3) is 5.14. The van der Waals surface area contributed by atoms with Gasteiger partial charge in [-0.2, -0.15) is 0 Å². The lowest BCUT2D eigenvalue weighted by atomic mass is 10.1. The molecule has 2 atom stereocenters. The van der Waals surface area contributed by atoms with Gasteiger partial charge in [0.2, 0.25) is 11.8 Å². The lowest BCUT2D eigenvalue weighted by Gasteiger charge is -2.18. The topological polar surface area (TPSA) is 132 Å². The molecule has 0 aliphatic heterocycles. The highest BCUT2D eigenvalue weighted by molar-refractivity contribution is 5.98. The van der Waals surface area contributed by atoms with Crippen molar-refractivity contribution in [2.45, 2.75) is 31.8 Å². The molecule has 0 radical (unpaired) electrons. The van der Waals surface area contributed by atoms with Gasteiger partial charge >= 0.3 is 0 Å². The molecular formula is C32H30N6O3. The summed E-state index contributed by atoms with van der Waals surface area (Å²) in [7, 11) is 1.67. The highest BCUT2D eigenvalue weighted by atomic mass is 16.2. The number of pyridine rings is 1. The number of imidazole rings is 1. The molecule has 0 unspecified atom stereocenters. The fraction of sp³-hybridized carbons (Fsp3) is 0.219. The normalized spacial score (nSPS) is 16.6. The molecule has 1 aliphatic rings. The van der Waals surface area contributed by atoms with Crippen LogP contribution in [-0.4, -0.2) is 39.3 Å². The number of aromatic nitrogens is 3. The number of hydrogen-bond acceptors (Lipinski definition) is 5. The maximum Gasteiger partial charge on any atom is 0.251 e. The molecule has 0 spiro atoms. The van der Waals surface area contributed by atoms with Gasteiger partial charge < -0.3 is 20.9 Å². The molecule has 9 heteroatoms. The first-order valence-corrected chi connectivity index (χ1v) is 13.7. The molecule has 1 aliphatic carbocycles. The maximum absolute atomic E-state index is 13.2. The Hall–Kier alpha value is -5.05. The van der Waals surface area contributed by atoms with Gasteiger partial charge in [-0.05, 0) is 72.7 Å². The molecule has 2 heterocycles.